The van der Waals surface area contributed by atoms with Gasteiger partial charge in [0.2, 0.25) is 0 Å². The number of carbonyl (C=O) groups excluding carboxylic acids is 1. The van der Waals surface area contributed by atoms with Crippen LogP contribution in [0.15, 0.2) is 49.3 Å². The quantitative estimate of drug-likeness (QED) is 0.665. The Bertz CT molecular complexity index is 595. The van der Waals surface area contributed by atoms with E-state index in [1.54, 1.807) is 24.4 Å². The van der Waals surface area contributed by atoms with Crippen molar-refractivity contribution in [2.45, 2.75) is 0 Å². The Morgan fingerprint density at radius 1 is 1.39 bits per heavy atom. The first-order valence-corrected chi connectivity index (χ1v) is 6.43. The van der Waals surface area contributed by atoms with Gasteiger partial charge in [-0.3, -0.25) is 9.78 Å². The van der Waals surface area contributed by atoms with Gasteiger partial charge in [-0.2, -0.15) is 5.10 Å². The molecule has 2 heterocycles. The summed E-state index contributed by atoms with van der Waals surface area (Å²) in [5.74, 6) is 0.195. The second kappa shape index (κ2) is 5.92. The fourth-order valence-corrected chi connectivity index (χ4v) is 1.84. The molecule has 5 nitrogen and oxygen atoms in total. The Morgan fingerprint density at radius 3 is 2.89 bits per heavy atom. The summed E-state index contributed by atoms with van der Waals surface area (Å²) in [5, 5.41) is 3.78. The van der Waals surface area contributed by atoms with Crippen LogP contribution in [0.5, 0.6) is 0 Å². The molecule has 18 heavy (non-hydrogen) atoms. The maximum absolute atomic E-state index is 11.7. The highest BCUT2D eigenvalue weighted by molar-refractivity contribution is 9.10. The van der Waals surface area contributed by atoms with Gasteiger partial charge in [-0.1, -0.05) is 0 Å². The summed E-state index contributed by atoms with van der Waals surface area (Å²) in [5.41, 5.74) is 2.80. The van der Waals surface area contributed by atoms with Gasteiger partial charge in [0, 0.05) is 16.9 Å². The standard InChI is InChI=1S/C11H7Br2N3O2/c12-8-3-7(4-14-5-8)11(17)16-15-6-9-1-2-10(13)18-9/h1-6H,(H,16,17)/b15-6-. The van der Waals surface area contributed by atoms with E-state index in [1.807, 2.05) is 0 Å². The summed E-state index contributed by atoms with van der Waals surface area (Å²) in [7, 11) is 0. The molecule has 0 aliphatic heterocycles. The van der Waals surface area contributed by atoms with E-state index in [1.165, 1.54) is 12.4 Å². The number of aromatic nitrogens is 1. The third-order valence-electron chi connectivity index (χ3n) is 1.92. The van der Waals surface area contributed by atoms with Crippen molar-refractivity contribution in [3.05, 3.63) is 51.1 Å². The van der Waals surface area contributed by atoms with E-state index in [-0.39, 0.29) is 5.91 Å². The number of hydrogen-bond donors (Lipinski definition) is 1. The van der Waals surface area contributed by atoms with Crippen LogP contribution in [-0.4, -0.2) is 17.1 Å². The summed E-state index contributed by atoms with van der Waals surface area (Å²) in [6, 6.07) is 5.11. The minimum atomic E-state index is -0.342. The molecule has 0 radical (unpaired) electrons. The van der Waals surface area contributed by atoms with Crippen LogP contribution in [0.2, 0.25) is 0 Å². The van der Waals surface area contributed by atoms with Crippen LogP contribution >= 0.6 is 31.9 Å². The molecular weight excluding hydrogens is 366 g/mol. The maximum Gasteiger partial charge on any atom is 0.272 e. The first-order valence-electron chi connectivity index (χ1n) is 4.84. The summed E-state index contributed by atoms with van der Waals surface area (Å²) >= 11 is 6.41. The molecule has 0 atom stereocenters. The van der Waals surface area contributed by atoms with E-state index in [4.69, 9.17) is 4.42 Å². The molecule has 7 heteroatoms. The summed E-state index contributed by atoms with van der Waals surface area (Å²) in [6.07, 6.45) is 4.47. The summed E-state index contributed by atoms with van der Waals surface area (Å²) in [4.78, 5) is 15.6. The number of amides is 1. The van der Waals surface area contributed by atoms with E-state index in [0.717, 1.165) is 4.47 Å². The number of nitrogens with one attached hydrogen (secondary N) is 1. The molecule has 0 saturated heterocycles. The molecule has 0 aromatic carbocycles. The summed E-state index contributed by atoms with van der Waals surface area (Å²) < 4.78 is 6.52. The largest absolute Gasteiger partial charge is 0.448 e. The molecule has 0 saturated carbocycles. The Balaban J connectivity index is 1.98. The minimum Gasteiger partial charge on any atom is -0.448 e. The van der Waals surface area contributed by atoms with Crippen LogP contribution in [0.4, 0.5) is 0 Å². The molecule has 2 aromatic rings. The van der Waals surface area contributed by atoms with Gasteiger partial charge in [0.25, 0.3) is 5.91 Å². The lowest BCUT2D eigenvalue weighted by atomic mass is 10.3. The topological polar surface area (TPSA) is 67.5 Å². The Kier molecular flexibility index (Phi) is 4.27. The highest BCUT2D eigenvalue weighted by atomic mass is 79.9. The zero-order chi connectivity index (χ0) is 13.0. The van der Waals surface area contributed by atoms with Crippen molar-refractivity contribution < 1.29 is 9.21 Å². The van der Waals surface area contributed by atoms with Crippen molar-refractivity contribution in [3.63, 3.8) is 0 Å². The van der Waals surface area contributed by atoms with Gasteiger partial charge in [-0.25, -0.2) is 5.43 Å². The Hall–Kier alpha value is -1.47. The molecule has 1 amide bonds. The van der Waals surface area contributed by atoms with Crippen molar-refractivity contribution in [3.8, 4) is 0 Å². The average Bonchev–Trinajstić information content (AvgIpc) is 2.75. The van der Waals surface area contributed by atoms with Crippen LogP contribution in [0.3, 0.4) is 0 Å². The minimum absolute atomic E-state index is 0.342. The molecule has 0 spiro atoms. The number of nitrogens with zero attached hydrogens (tertiary/aromatic N) is 2. The van der Waals surface area contributed by atoms with Crippen molar-refractivity contribution in [1.29, 1.82) is 0 Å². The second-order valence-corrected chi connectivity index (χ2v) is 4.93. The van der Waals surface area contributed by atoms with Gasteiger partial charge >= 0.3 is 0 Å². The van der Waals surface area contributed by atoms with Crippen LogP contribution in [0.25, 0.3) is 0 Å². The van der Waals surface area contributed by atoms with Crippen LogP contribution in [0, 0.1) is 0 Å². The third kappa shape index (κ3) is 3.51. The lowest BCUT2D eigenvalue weighted by Crippen LogP contribution is -2.17. The highest BCUT2D eigenvalue weighted by Gasteiger charge is 2.04. The van der Waals surface area contributed by atoms with Crippen LogP contribution < -0.4 is 5.43 Å². The number of hydrazone groups is 1. The first kappa shape index (κ1) is 13.0. The Labute approximate surface area is 120 Å². The smallest absolute Gasteiger partial charge is 0.272 e. The molecule has 2 rings (SSSR count). The van der Waals surface area contributed by atoms with Crippen LogP contribution in [0.1, 0.15) is 16.1 Å². The third-order valence-corrected chi connectivity index (χ3v) is 2.78. The lowest BCUT2D eigenvalue weighted by Gasteiger charge is -1.98. The van der Waals surface area contributed by atoms with Crippen molar-refractivity contribution in [2.75, 3.05) is 0 Å². The summed E-state index contributed by atoms with van der Waals surface area (Å²) in [6.45, 7) is 0. The molecule has 0 bridgehead atoms. The molecular formula is C11H7Br2N3O2. The van der Waals surface area contributed by atoms with Gasteiger partial charge in [-0.15, -0.1) is 0 Å². The predicted molar refractivity (Wildman–Crippen MR) is 73.4 cm³/mol. The zero-order valence-electron chi connectivity index (χ0n) is 8.93. The van der Waals surface area contributed by atoms with E-state index >= 15 is 0 Å². The van der Waals surface area contributed by atoms with E-state index in [9.17, 15) is 4.79 Å². The second-order valence-electron chi connectivity index (χ2n) is 3.23. The van der Waals surface area contributed by atoms with Crippen LogP contribution in [-0.2, 0) is 0 Å². The average molecular weight is 373 g/mol. The van der Waals surface area contributed by atoms with E-state index < -0.39 is 0 Å². The van der Waals surface area contributed by atoms with E-state index in [2.05, 4.69) is 47.4 Å². The SMILES string of the molecule is O=C(N/N=C\c1ccc(Br)o1)c1cncc(Br)c1. The number of hydrogen-bond acceptors (Lipinski definition) is 4. The normalized spacial score (nSPS) is 10.8. The molecule has 1 N–H and O–H groups in total. The van der Waals surface area contributed by atoms with Crippen molar-refractivity contribution >= 4 is 44.0 Å². The molecule has 0 aliphatic carbocycles. The van der Waals surface area contributed by atoms with Gasteiger partial charge in [0.05, 0.1) is 11.8 Å². The number of carbonyl (C=O) groups is 1. The lowest BCUT2D eigenvalue weighted by molar-refractivity contribution is 0.0954. The first-order chi connectivity index (χ1) is 8.65. The van der Waals surface area contributed by atoms with Crippen molar-refractivity contribution in [1.82, 2.24) is 10.4 Å². The van der Waals surface area contributed by atoms with Crippen molar-refractivity contribution in [2.24, 2.45) is 5.10 Å². The predicted octanol–water partition coefficient (Wildman–Crippen LogP) is 2.96. The number of rotatable bonds is 3. The molecule has 92 valence electrons. The molecule has 0 aliphatic rings. The maximum atomic E-state index is 11.7. The van der Waals surface area contributed by atoms with E-state index in [0.29, 0.717) is 16.0 Å². The molecule has 0 fully saturated rings. The van der Waals surface area contributed by atoms with Gasteiger partial charge in [0.1, 0.15) is 5.76 Å². The fourth-order valence-electron chi connectivity index (χ4n) is 1.15. The number of furan rings is 1. The van der Waals surface area contributed by atoms with Gasteiger partial charge in [-0.05, 0) is 50.1 Å². The molecule has 2 aromatic heterocycles. The molecule has 0 unspecified atom stereocenters. The zero-order valence-corrected chi connectivity index (χ0v) is 12.1. The monoisotopic (exact) mass is 371 g/mol. The Morgan fingerprint density at radius 2 is 2.22 bits per heavy atom. The highest BCUT2D eigenvalue weighted by Crippen LogP contribution is 2.12. The number of pyridine rings is 1. The number of halogens is 2. The fraction of sp³-hybridized carbons (Fsp3) is 0. The van der Waals surface area contributed by atoms with Gasteiger partial charge < -0.3 is 4.42 Å². The van der Waals surface area contributed by atoms with Gasteiger partial charge in [0.15, 0.2) is 4.67 Å².